The molecule has 1 fully saturated rings. The lowest BCUT2D eigenvalue weighted by molar-refractivity contribution is -0.138. The number of likely N-dealkylation sites (tertiary alicyclic amines) is 1. The van der Waals surface area contributed by atoms with Crippen LogP contribution in [0.2, 0.25) is 0 Å². The van der Waals surface area contributed by atoms with Crippen LogP contribution in [0.25, 0.3) is 0 Å². The van der Waals surface area contributed by atoms with E-state index in [1.807, 2.05) is 13.8 Å². The molecule has 2 rings (SSSR count). The van der Waals surface area contributed by atoms with E-state index in [4.69, 9.17) is 0 Å². The number of piperidine rings is 1. The molecule has 3 N–H and O–H groups in total. The van der Waals surface area contributed by atoms with Crippen LogP contribution in [-0.2, 0) is 15.8 Å². The van der Waals surface area contributed by atoms with Gasteiger partial charge in [0.1, 0.15) is 6.04 Å². The minimum absolute atomic E-state index is 0.150. The Kier molecular flexibility index (Phi) is 8.36. The van der Waals surface area contributed by atoms with Gasteiger partial charge in [0.2, 0.25) is 22.0 Å². The average molecular weight is 463 g/mol. The molecular weight excluding hydrogens is 439 g/mol. The van der Waals surface area contributed by atoms with Crippen LogP contribution in [-0.4, -0.2) is 56.7 Å². The molecule has 0 unspecified atom stereocenters. The summed E-state index contributed by atoms with van der Waals surface area (Å²) in [6, 6.07) is -1.36. The molecule has 2 atom stereocenters. The summed E-state index contributed by atoms with van der Waals surface area (Å²) in [7, 11) is 0. The highest BCUT2D eigenvalue weighted by Crippen LogP contribution is 2.32. The van der Waals surface area contributed by atoms with Crippen molar-refractivity contribution in [1.82, 2.24) is 20.4 Å². The number of carboxylic acid groups (broad SMARTS) is 1. The number of carbonyl (C=O) groups is 3. The number of halogens is 3. The van der Waals surface area contributed by atoms with E-state index in [9.17, 15) is 32.7 Å². The molecule has 0 radical (unpaired) electrons. The number of amides is 3. The molecule has 1 aliphatic heterocycles. The first-order valence-corrected chi connectivity index (χ1v) is 10.5. The van der Waals surface area contributed by atoms with Gasteiger partial charge in [0.15, 0.2) is 0 Å². The fourth-order valence-electron chi connectivity index (χ4n) is 3.14. The molecule has 0 aromatic carbocycles. The van der Waals surface area contributed by atoms with Gasteiger partial charge < -0.3 is 10.4 Å². The van der Waals surface area contributed by atoms with Crippen molar-refractivity contribution in [1.29, 1.82) is 0 Å². The largest absolute Gasteiger partial charge is 0.465 e. The Morgan fingerprint density at radius 3 is 2.58 bits per heavy atom. The molecule has 1 aliphatic rings. The molecule has 0 saturated carbocycles. The molecule has 0 spiro atoms. The maximum atomic E-state index is 12.7. The van der Waals surface area contributed by atoms with Gasteiger partial charge in [0.05, 0.1) is 0 Å². The van der Waals surface area contributed by atoms with Gasteiger partial charge in [-0.1, -0.05) is 31.3 Å². The van der Waals surface area contributed by atoms with Crippen molar-refractivity contribution in [3.05, 3.63) is 17.2 Å². The second kappa shape index (κ2) is 10.6. The molecule has 0 bridgehead atoms. The van der Waals surface area contributed by atoms with E-state index in [2.05, 4.69) is 20.8 Å². The zero-order valence-electron chi connectivity index (χ0n) is 17.0. The second-order valence-electron chi connectivity index (χ2n) is 7.49. The maximum Gasteiger partial charge on any atom is 0.445 e. The summed E-state index contributed by atoms with van der Waals surface area (Å²) < 4.78 is 37.7. The van der Waals surface area contributed by atoms with Gasteiger partial charge in [-0.2, -0.15) is 13.2 Å². The standard InChI is InChI=1S/C18H24F3N5O4S/c1-10(2)9-11(22-14(28)12-5-3-4-8-26(12)17(29)30)6-7-13(27)23-16-25-24-15(31-16)18(19,20)21/h6-7,10-12H,3-5,8-9H2,1-2H3,(H,22,28)(H,29,30)(H,23,25,27)/t11-,12+/m1/s1. The first kappa shape index (κ1) is 24.6. The SMILES string of the molecule is CC(C)C[C@@H](C=CC(=O)Nc1nnc(C(F)(F)F)s1)NC(=O)[C@@H]1CCCCN1C(=O)O. The topological polar surface area (TPSA) is 125 Å². The number of carbonyl (C=O) groups excluding carboxylic acids is 2. The Balaban J connectivity index is 2.02. The number of alkyl halides is 3. The Morgan fingerprint density at radius 2 is 2.00 bits per heavy atom. The van der Waals surface area contributed by atoms with E-state index in [1.165, 1.54) is 6.08 Å². The summed E-state index contributed by atoms with van der Waals surface area (Å²) in [6.07, 6.45) is -0.979. The quantitative estimate of drug-likeness (QED) is 0.534. The first-order valence-electron chi connectivity index (χ1n) is 9.67. The number of anilines is 1. The Morgan fingerprint density at radius 1 is 1.29 bits per heavy atom. The van der Waals surface area contributed by atoms with Gasteiger partial charge in [-0.25, -0.2) is 4.79 Å². The van der Waals surface area contributed by atoms with Crippen molar-refractivity contribution in [3.63, 3.8) is 0 Å². The highest BCUT2D eigenvalue weighted by atomic mass is 32.1. The van der Waals surface area contributed by atoms with Crippen molar-refractivity contribution in [2.75, 3.05) is 11.9 Å². The predicted molar refractivity (Wildman–Crippen MR) is 106 cm³/mol. The lowest BCUT2D eigenvalue weighted by atomic mass is 9.99. The van der Waals surface area contributed by atoms with Crippen LogP contribution >= 0.6 is 11.3 Å². The molecule has 1 aromatic heterocycles. The first-order chi connectivity index (χ1) is 14.5. The third kappa shape index (κ3) is 7.49. The molecular formula is C18H24F3N5O4S. The van der Waals surface area contributed by atoms with Crippen LogP contribution < -0.4 is 10.6 Å². The van der Waals surface area contributed by atoms with E-state index in [0.29, 0.717) is 19.3 Å². The van der Waals surface area contributed by atoms with Crippen molar-refractivity contribution in [2.45, 2.75) is 57.8 Å². The smallest absolute Gasteiger partial charge is 0.445 e. The van der Waals surface area contributed by atoms with E-state index in [-0.39, 0.29) is 28.9 Å². The van der Waals surface area contributed by atoms with Crippen molar-refractivity contribution in [3.8, 4) is 0 Å². The van der Waals surface area contributed by atoms with Gasteiger partial charge >= 0.3 is 12.3 Å². The van der Waals surface area contributed by atoms with Crippen LogP contribution in [0.15, 0.2) is 12.2 Å². The van der Waals surface area contributed by atoms with Gasteiger partial charge in [-0.15, -0.1) is 10.2 Å². The summed E-state index contributed by atoms with van der Waals surface area (Å²) >= 11 is 0.201. The van der Waals surface area contributed by atoms with Crippen LogP contribution in [0, 0.1) is 5.92 Å². The number of nitrogens with one attached hydrogen (secondary N) is 2. The zero-order chi connectivity index (χ0) is 23.2. The normalized spacial score (nSPS) is 18.3. The Hall–Kier alpha value is -2.70. The van der Waals surface area contributed by atoms with Crippen LogP contribution in [0.3, 0.4) is 0 Å². The third-order valence-electron chi connectivity index (χ3n) is 4.48. The van der Waals surface area contributed by atoms with E-state index >= 15 is 0 Å². The summed E-state index contributed by atoms with van der Waals surface area (Å²) in [5.41, 5.74) is 0. The van der Waals surface area contributed by atoms with Gasteiger partial charge in [0.25, 0.3) is 0 Å². The molecule has 3 amide bonds. The fourth-order valence-corrected chi connectivity index (χ4v) is 3.76. The Labute approximate surface area is 180 Å². The number of aromatic nitrogens is 2. The van der Waals surface area contributed by atoms with Gasteiger partial charge in [-0.3, -0.25) is 19.8 Å². The summed E-state index contributed by atoms with van der Waals surface area (Å²) in [5.74, 6) is -1.02. The molecule has 1 saturated heterocycles. The number of hydrogen-bond acceptors (Lipinski definition) is 6. The molecule has 172 valence electrons. The molecule has 2 heterocycles. The van der Waals surface area contributed by atoms with E-state index in [0.717, 1.165) is 17.4 Å². The zero-order valence-corrected chi connectivity index (χ0v) is 17.8. The van der Waals surface area contributed by atoms with Crippen molar-refractivity contribution in [2.24, 2.45) is 5.92 Å². The minimum Gasteiger partial charge on any atom is -0.465 e. The summed E-state index contributed by atoms with van der Waals surface area (Å²) in [5, 5.41) is 19.1. The fraction of sp³-hybridized carbons (Fsp3) is 0.611. The average Bonchev–Trinajstić information content (AvgIpc) is 3.14. The van der Waals surface area contributed by atoms with Crippen LogP contribution in [0.4, 0.5) is 23.1 Å². The lowest BCUT2D eigenvalue weighted by Crippen LogP contribution is -2.53. The highest BCUT2D eigenvalue weighted by molar-refractivity contribution is 7.15. The molecule has 31 heavy (non-hydrogen) atoms. The molecule has 0 aliphatic carbocycles. The van der Waals surface area contributed by atoms with Crippen LogP contribution in [0.5, 0.6) is 0 Å². The summed E-state index contributed by atoms with van der Waals surface area (Å²) in [4.78, 5) is 37.2. The van der Waals surface area contributed by atoms with E-state index < -0.39 is 41.2 Å². The number of nitrogens with zero attached hydrogens (tertiary/aromatic N) is 3. The van der Waals surface area contributed by atoms with Crippen molar-refractivity contribution >= 4 is 34.4 Å². The number of hydrogen-bond donors (Lipinski definition) is 3. The highest BCUT2D eigenvalue weighted by Gasteiger charge is 2.36. The molecule has 9 nitrogen and oxygen atoms in total. The lowest BCUT2D eigenvalue weighted by Gasteiger charge is -2.33. The van der Waals surface area contributed by atoms with Crippen LogP contribution in [0.1, 0.15) is 44.5 Å². The monoisotopic (exact) mass is 463 g/mol. The molecule has 13 heteroatoms. The minimum atomic E-state index is -4.65. The van der Waals surface area contributed by atoms with Crippen molar-refractivity contribution < 1.29 is 32.7 Å². The van der Waals surface area contributed by atoms with E-state index in [1.54, 1.807) is 0 Å². The van der Waals surface area contributed by atoms with Gasteiger partial charge in [-0.05, 0) is 31.6 Å². The third-order valence-corrected chi connectivity index (χ3v) is 5.37. The maximum absolute atomic E-state index is 12.7. The predicted octanol–water partition coefficient (Wildman–Crippen LogP) is 3.12. The van der Waals surface area contributed by atoms with Gasteiger partial charge in [0, 0.05) is 18.7 Å². The number of rotatable bonds is 7. The second-order valence-corrected chi connectivity index (χ2v) is 8.47. The Bertz CT molecular complexity index is 827. The summed E-state index contributed by atoms with van der Waals surface area (Å²) in [6.45, 7) is 4.11. The molecule has 1 aromatic rings.